The Labute approximate surface area is 105 Å². The lowest BCUT2D eigenvalue weighted by atomic mass is 10.1. The van der Waals surface area contributed by atoms with Gasteiger partial charge in [-0.2, -0.15) is 5.10 Å². The van der Waals surface area contributed by atoms with Gasteiger partial charge < -0.3 is 5.11 Å². The van der Waals surface area contributed by atoms with Crippen LogP contribution in [0.2, 0.25) is 0 Å². The number of aliphatic hydroxyl groups is 1. The third kappa shape index (κ3) is 1.69. The molecule has 0 bridgehead atoms. The second kappa shape index (κ2) is 4.27. The average molecular weight is 238 g/mol. The molecule has 2 aromatic carbocycles. The summed E-state index contributed by atoms with van der Waals surface area (Å²) in [5.41, 5.74) is 4.17. The summed E-state index contributed by atoms with van der Waals surface area (Å²) in [4.78, 5) is 0. The van der Waals surface area contributed by atoms with Crippen LogP contribution in [-0.4, -0.2) is 14.9 Å². The number of para-hydroxylation sites is 1. The third-order valence-corrected chi connectivity index (χ3v) is 3.15. The molecule has 0 atom stereocenters. The second-order valence-electron chi connectivity index (χ2n) is 4.39. The second-order valence-corrected chi connectivity index (χ2v) is 4.39. The van der Waals surface area contributed by atoms with Crippen LogP contribution in [0.25, 0.3) is 16.6 Å². The van der Waals surface area contributed by atoms with Crippen LogP contribution in [-0.2, 0) is 6.61 Å². The SMILES string of the molecule is Cc1cc(CO)ccc1-n1ncc2ccccc21. The minimum Gasteiger partial charge on any atom is -0.392 e. The molecule has 3 aromatic rings. The number of benzene rings is 2. The predicted molar refractivity (Wildman–Crippen MR) is 71.7 cm³/mol. The molecular formula is C15H14N2O. The molecule has 90 valence electrons. The summed E-state index contributed by atoms with van der Waals surface area (Å²) >= 11 is 0. The van der Waals surface area contributed by atoms with E-state index in [-0.39, 0.29) is 6.61 Å². The molecule has 1 aromatic heterocycles. The van der Waals surface area contributed by atoms with Gasteiger partial charge in [0, 0.05) is 5.39 Å². The molecule has 0 aliphatic rings. The van der Waals surface area contributed by atoms with Gasteiger partial charge >= 0.3 is 0 Å². The maximum Gasteiger partial charge on any atom is 0.0741 e. The van der Waals surface area contributed by atoms with Gasteiger partial charge in [0.25, 0.3) is 0 Å². The van der Waals surface area contributed by atoms with Gasteiger partial charge in [0.2, 0.25) is 0 Å². The van der Waals surface area contributed by atoms with Gasteiger partial charge in [0.15, 0.2) is 0 Å². The molecule has 3 heteroatoms. The van der Waals surface area contributed by atoms with Crippen molar-refractivity contribution in [1.82, 2.24) is 9.78 Å². The van der Waals surface area contributed by atoms with E-state index in [1.165, 1.54) is 0 Å². The first-order chi connectivity index (χ1) is 8.79. The molecule has 3 rings (SSSR count). The molecular weight excluding hydrogens is 224 g/mol. The monoisotopic (exact) mass is 238 g/mol. The number of hydrogen-bond donors (Lipinski definition) is 1. The van der Waals surface area contributed by atoms with Crippen molar-refractivity contribution in [3.63, 3.8) is 0 Å². The van der Waals surface area contributed by atoms with Gasteiger partial charge in [-0.25, -0.2) is 4.68 Å². The van der Waals surface area contributed by atoms with Crippen LogP contribution in [0.4, 0.5) is 0 Å². The topological polar surface area (TPSA) is 38.0 Å². The van der Waals surface area contributed by atoms with Crippen LogP contribution < -0.4 is 0 Å². The molecule has 0 amide bonds. The van der Waals surface area contributed by atoms with Gasteiger partial charge in [-0.15, -0.1) is 0 Å². The smallest absolute Gasteiger partial charge is 0.0741 e. The normalized spacial score (nSPS) is 11.0. The highest BCUT2D eigenvalue weighted by Gasteiger charge is 2.07. The number of aromatic nitrogens is 2. The van der Waals surface area contributed by atoms with Crippen molar-refractivity contribution in [2.45, 2.75) is 13.5 Å². The molecule has 0 unspecified atom stereocenters. The number of fused-ring (bicyclic) bond motifs is 1. The van der Waals surface area contributed by atoms with Gasteiger partial charge in [-0.1, -0.05) is 30.3 Å². The van der Waals surface area contributed by atoms with Crippen molar-refractivity contribution >= 4 is 10.9 Å². The lowest BCUT2D eigenvalue weighted by molar-refractivity contribution is 0.282. The van der Waals surface area contributed by atoms with E-state index in [4.69, 9.17) is 5.11 Å². The number of hydrogen-bond acceptors (Lipinski definition) is 2. The zero-order valence-corrected chi connectivity index (χ0v) is 10.2. The molecule has 1 heterocycles. The standard InChI is InChI=1S/C15H14N2O/c1-11-8-12(10-18)6-7-14(11)17-15-5-3-2-4-13(15)9-16-17/h2-9,18H,10H2,1H3. The number of rotatable bonds is 2. The van der Waals surface area contributed by atoms with Gasteiger partial charge in [-0.3, -0.25) is 0 Å². The third-order valence-electron chi connectivity index (χ3n) is 3.15. The lowest BCUT2D eigenvalue weighted by Gasteiger charge is -2.08. The fraction of sp³-hybridized carbons (Fsp3) is 0.133. The van der Waals surface area contributed by atoms with Crippen molar-refractivity contribution in [1.29, 1.82) is 0 Å². The summed E-state index contributed by atoms with van der Waals surface area (Å²) in [6.45, 7) is 2.10. The van der Waals surface area contributed by atoms with Gasteiger partial charge in [-0.05, 0) is 30.2 Å². The van der Waals surface area contributed by atoms with Crippen LogP contribution in [0.15, 0.2) is 48.7 Å². The molecule has 3 nitrogen and oxygen atoms in total. The molecule has 0 radical (unpaired) electrons. The van der Waals surface area contributed by atoms with Crippen LogP contribution in [0.5, 0.6) is 0 Å². The molecule has 0 aliphatic carbocycles. The van der Waals surface area contributed by atoms with Crippen molar-refractivity contribution in [3.05, 3.63) is 59.8 Å². The van der Waals surface area contributed by atoms with E-state index >= 15 is 0 Å². The zero-order valence-electron chi connectivity index (χ0n) is 10.2. The molecule has 18 heavy (non-hydrogen) atoms. The number of nitrogens with zero attached hydrogens (tertiary/aromatic N) is 2. The summed E-state index contributed by atoms with van der Waals surface area (Å²) in [5, 5.41) is 14.7. The quantitative estimate of drug-likeness (QED) is 0.745. The van der Waals surface area contributed by atoms with Gasteiger partial charge in [0.1, 0.15) is 0 Å². The van der Waals surface area contributed by atoms with Crippen molar-refractivity contribution in [2.24, 2.45) is 0 Å². The Morgan fingerprint density at radius 1 is 1.17 bits per heavy atom. The van der Waals surface area contributed by atoms with Crippen LogP contribution in [0.3, 0.4) is 0 Å². The van der Waals surface area contributed by atoms with Crippen LogP contribution >= 0.6 is 0 Å². The van der Waals surface area contributed by atoms with Crippen LogP contribution in [0.1, 0.15) is 11.1 Å². The van der Waals surface area contributed by atoms with Crippen molar-refractivity contribution in [3.8, 4) is 5.69 Å². The first-order valence-corrected chi connectivity index (χ1v) is 5.93. The summed E-state index contributed by atoms with van der Waals surface area (Å²) in [6, 6.07) is 14.1. The molecule has 1 N–H and O–H groups in total. The van der Waals surface area contributed by atoms with Crippen molar-refractivity contribution in [2.75, 3.05) is 0 Å². The Morgan fingerprint density at radius 3 is 2.78 bits per heavy atom. The van der Waals surface area contributed by atoms with E-state index in [1.54, 1.807) is 0 Å². The van der Waals surface area contributed by atoms with E-state index in [1.807, 2.05) is 48.1 Å². The Morgan fingerprint density at radius 2 is 2.00 bits per heavy atom. The maximum absolute atomic E-state index is 9.13. The van der Waals surface area contributed by atoms with E-state index in [0.717, 1.165) is 27.7 Å². The fourth-order valence-corrected chi connectivity index (χ4v) is 2.22. The largest absolute Gasteiger partial charge is 0.392 e. The predicted octanol–water partition coefficient (Wildman–Crippen LogP) is 2.83. The number of aryl methyl sites for hydroxylation is 1. The molecule has 0 aliphatic heterocycles. The molecule has 0 saturated heterocycles. The number of aliphatic hydroxyl groups excluding tert-OH is 1. The van der Waals surface area contributed by atoms with Gasteiger partial charge in [0.05, 0.1) is 24.0 Å². The Bertz CT molecular complexity index is 701. The maximum atomic E-state index is 9.13. The van der Waals surface area contributed by atoms with E-state index in [2.05, 4.69) is 17.2 Å². The zero-order chi connectivity index (χ0) is 12.5. The molecule has 0 fully saturated rings. The molecule has 0 spiro atoms. The highest BCUT2D eigenvalue weighted by Crippen LogP contribution is 2.21. The highest BCUT2D eigenvalue weighted by molar-refractivity contribution is 5.80. The first-order valence-electron chi connectivity index (χ1n) is 5.93. The van der Waals surface area contributed by atoms with Crippen LogP contribution in [0, 0.1) is 6.92 Å². The summed E-state index contributed by atoms with van der Waals surface area (Å²) in [7, 11) is 0. The van der Waals surface area contributed by atoms with Crippen molar-refractivity contribution < 1.29 is 5.11 Å². The average Bonchev–Trinajstić information content (AvgIpc) is 2.82. The highest BCUT2D eigenvalue weighted by atomic mass is 16.3. The fourth-order valence-electron chi connectivity index (χ4n) is 2.22. The molecule has 0 saturated carbocycles. The Balaban J connectivity index is 2.20. The first kappa shape index (κ1) is 11.0. The lowest BCUT2D eigenvalue weighted by Crippen LogP contribution is -1.99. The van der Waals surface area contributed by atoms with E-state index in [9.17, 15) is 0 Å². The Hall–Kier alpha value is -2.13. The summed E-state index contributed by atoms with van der Waals surface area (Å²) in [5.74, 6) is 0. The minimum absolute atomic E-state index is 0.0704. The summed E-state index contributed by atoms with van der Waals surface area (Å²) in [6.07, 6.45) is 1.87. The van der Waals surface area contributed by atoms with E-state index in [0.29, 0.717) is 0 Å². The minimum atomic E-state index is 0.0704. The van der Waals surface area contributed by atoms with E-state index < -0.39 is 0 Å². The Kier molecular flexibility index (Phi) is 2.61. The summed E-state index contributed by atoms with van der Waals surface area (Å²) < 4.78 is 1.94.